The van der Waals surface area contributed by atoms with E-state index in [9.17, 15) is 0 Å². The predicted molar refractivity (Wildman–Crippen MR) is 67.6 cm³/mol. The number of fused-ring (bicyclic) bond motifs is 1. The number of benzene rings is 1. The highest BCUT2D eigenvalue weighted by atomic mass is 79.9. The van der Waals surface area contributed by atoms with Crippen molar-refractivity contribution < 1.29 is 0 Å². The van der Waals surface area contributed by atoms with Crippen LogP contribution in [0.15, 0.2) is 16.7 Å². The van der Waals surface area contributed by atoms with Crippen molar-refractivity contribution in [3.05, 3.63) is 27.9 Å². The van der Waals surface area contributed by atoms with Crippen molar-refractivity contribution in [2.24, 2.45) is 0 Å². The zero-order valence-corrected chi connectivity index (χ0v) is 10.8. The third kappa shape index (κ3) is 2.04. The van der Waals surface area contributed by atoms with Crippen LogP contribution in [0, 0.1) is 6.92 Å². The quantitative estimate of drug-likeness (QED) is 0.855. The van der Waals surface area contributed by atoms with Crippen molar-refractivity contribution in [3.8, 4) is 0 Å². The van der Waals surface area contributed by atoms with Crippen LogP contribution in [0.1, 0.15) is 17.5 Å². The number of hydrogen-bond acceptors (Lipinski definition) is 1. The lowest BCUT2D eigenvalue weighted by molar-refractivity contribution is 0.917. The first-order chi connectivity index (χ1) is 7.24. The van der Waals surface area contributed by atoms with E-state index in [-0.39, 0.29) is 0 Å². The topological polar surface area (TPSA) is 28.7 Å². The van der Waals surface area contributed by atoms with Gasteiger partial charge in [-0.25, -0.2) is 0 Å². The van der Waals surface area contributed by atoms with Crippen molar-refractivity contribution in [3.63, 3.8) is 0 Å². The highest BCUT2D eigenvalue weighted by Crippen LogP contribution is 2.30. The summed E-state index contributed by atoms with van der Waals surface area (Å²) in [5.74, 6) is 0.704. The van der Waals surface area contributed by atoms with Crippen LogP contribution in [0.3, 0.4) is 0 Å². The lowest BCUT2D eigenvalue weighted by atomic mass is 10.0. The molecule has 15 heavy (non-hydrogen) atoms. The van der Waals surface area contributed by atoms with Crippen LogP contribution in [0.25, 0.3) is 10.9 Å². The molecule has 0 unspecified atom stereocenters. The minimum atomic E-state index is 0.704. The molecule has 2 nitrogen and oxygen atoms in total. The number of aromatic amines is 1. The van der Waals surface area contributed by atoms with Gasteiger partial charge in [-0.15, -0.1) is 11.6 Å². The molecule has 2 rings (SSSR count). The minimum absolute atomic E-state index is 0.704. The SMILES string of the molecule is Cc1cc2[nH]ncc2c(Br)c1CCCCl. The Hall–Kier alpha value is -0.540. The van der Waals surface area contributed by atoms with Gasteiger partial charge in [-0.05, 0) is 52.9 Å². The average Bonchev–Trinajstić information content (AvgIpc) is 2.65. The van der Waals surface area contributed by atoms with Crippen LogP contribution < -0.4 is 0 Å². The minimum Gasteiger partial charge on any atom is -0.278 e. The summed E-state index contributed by atoms with van der Waals surface area (Å²) in [5.41, 5.74) is 3.70. The van der Waals surface area contributed by atoms with Crippen molar-refractivity contribution in [2.75, 3.05) is 5.88 Å². The van der Waals surface area contributed by atoms with Gasteiger partial charge in [-0.3, -0.25) is 5.10 Å². The first-order valence-corrected chi connectivity index (χ1v) is 6.24. The Morgan fingerprint density at radius 2 is 2.33 bits per heavy atom. The van der Waals surface area contributed by atoms with E-state index >= 15 is 0 Å². The summed E-state index contributed by atoms with van der Waals surface area (Å²) in [6, 6.07) is 2.14. The van der Waals surface area contributed by atoms with E-state index in [2.05, 4.69) is 39.1 Å². The van der Waals surface area contributed by atoms with Crippen LogP contribution in [0.4, 0.5) is 0 Å². The van der Waals surface area contributed by atoms with Crippen molar-refractivity contribution in [1.82, 2.24) is 10.2 Å². The standard InChI is InChI=1S/C11H12BrClN2/c1-7-5-10-9(6-14-15-10)11(12)8(7)3-2-4-13/h5-6H,2-4H2,1H3,(H,14,15). The second kappa shape index (κ2) is 4.54. The van der Waals surface area contributed by atoms with E-state index in [1.54, 1.807) is 0 Å². The molecule has 0 atom stereocenters. The Labute approximate surface area is 102 Å². The molecule has 80 valence electrons. The largest absolute Gasteiger partial charge is 0.278 e. The summed E-state index contributed by atoms with van der Waals surface area (Å²) >= 11 is 9.36. The fourth-order valence-corrected chi connectivity index (χ4v) is 2.73. The second-order valence-corrected chi connectivity index (χ2v) is 4.78. The number of aromatic nitrogens is 2. The molecule has 0 fully saturated rings. The normalized spacial score (nSPS) is 11.1. The summed E-state index contributed by atoms with van der Waals surface area (Å²) in [6.07, 6.45) is 3.87. The molecule has 0 radical (unpaired) electrons. The highest BCUT2D eigenvalue weighted by molar-refractivity contribution is 9.10. The molecule has 0 aliphatic carbocycles. The van der Waals surface area contributed by atoms with E-state index < -0.39 is 0 Å². The molecule has 1 N–H and O–H groups in total. The lowest BCUT2D eigenvalue weighted by Crippen LogP contribution is -1.93. The average molecular weight is 288 g/mol. The summed E-state index contributed by atoms with van der Waals surface area (Å²) in [5, 5.41) is 8.17. The molecule has 1 aromatic heterocycles. The second-order valence-electron chi connectivity index (χ2n) is 3.61. The zero-order valence-electron chi connectivity index (χ0n) is 8.48. The Morgan fingerprint density at radius 3 is 3.07 bits per heavy atom. The van der Waals surface area contributed by atoms with Gasteiger partial charge in [0.05, 0.1) is 11.7 Å². The van der Waals surface area contributed by atoms with E-state index in [0.717, 1.165) is 28.2 Å². The number of H-pyrrole nitrogens is 1. The molecule has 4 heteroatoms. The zero-order chi connectivity index (χ0) is 10.8. The summed E-state index contributed by atoms with van der Waals surface area (Å²) < 4.78 is 1.15. The molecule has 0 amide bonds. The first-order valence-electron chi connectivity index (χ1n) is 4.91. The van der Waals surface area contributed by atoms with Gasteiger partial charge in [-0.1, -0.05) is 0 Å². The van der Waals surface area contributed by atoms with Crippen LogP contribution in [0.2, 0.25) is 0 Å². The van der Waals surface area contributed by atoms with Crippen LogP contribution in [-0.4, -0.2) is 16.1 Å². The van der Waals surface area contributed by atoms with Crippen molar-refractivity contribution in [1.29, 1.82) is 0 Å². The fraction of sp³-hybridized carbons (Fsp3) is 0.364. The number of rotatable bonds is 3. The molecule has 0 saturated heterocycles. The van der Waals surface area contributed by atoms with Gasteiger partial charge in [0, 0.05) is 15.7 Å². The predicted octanol–water partition coefficient (Wildman–Crippen LogP) is 3.81. The third-order valence-electron chi connectivity index (χ3n) is 2.57. The number of hydrogen-bond donors (Lipinski definition) is 1. The Balaban J connectivity index is 2.52. The smallest absolute Gasteiger partial charge is 0.0664 e. The molecule has 0 aliphatic heterocycles. The van der Waals surface area contributed by atoms with Gasteiger partial charge in [0.15, 0.2) is 0 Å². The lowest BCUT2D eigenvalue weighted by Gasteiger charge is -2.08. The number of alkyl halides is 1. The van der Waals surface area contributed by atoms with Gasteiger partial charge < -0.3 is 0 Å². The fourth-order valence-electron chi connectivity index (χ4n) is 1.77. The molecule has 2 aromatic rings. The van der Waals surface area contributed by atoms with Gasteiger partial charge >= 0.3 is 0 Å². The monoisotopic (exact) mass is 286 g/mol. The molecule has 0 saturated carbocycles. The molecular formula is C11H12BrClN2. The number of aryl methyl sites for hydroxylation is 1. The maximum atomic E-state index is 5.72. The van der Waals surface area contributed by atoms with Gasteiger partial charge in [0.25, 0.3) is 0 Å². The van der Waals surface area contributed by atoms with Crippen molar-refractivity contribution in [2.45, 2.75) is 19.8 Å². The molecule has 1 heterocycles. The number of nitrogens with one attached hydrogen (secondary N) is 1. The maximum absolute atomic E-state index is 5.72. The van der Waals surface area contributed by atoms with Gasteiger partial charge in [0.1, 0.15) is 0 Å². The number of halogens is 2. The summed E-state index contributed by atoms with van der Waals surface area (Å²) in [7, 11) is 0. The van der Waals surface area contributed by atoms with Crippen molar-refractivity contribution >= 4 is 38.4 Å². The Kier molecular flexibility index (Phi) is 3.32. The van der Waals surface area contributed by atoms with E-state index in [1.165, 1.54) is 11.1 Å². The van der Waals surface area contributed by atoms with Gasteiger partial charge in [-0.2, -0.15) is 5.10 Å². The molecule has 0 bridgehead atoms. The Bertz CT molecular complexity index is 479. The Morgan fingerprint density at radius 1 is 1.53 bits per heavy atom. The highest BCUT2D eigenvalue weighted by Gasteiger charge is 2.09. The van der Waals surface area contributed by atoms with Crippen LogP contribution in [-0.2, 0) is 6.42 Å². The van der Waals surface area contributed by atoms with Crippen LogP contribution in [0.5, 0.6) is 0 Å². The van der Waals surface area contributed by atoms with Gasteiger partial charge in [0.2, 0.25) is 0 Å². The van der Waals surface area contributed by atoms with E-state index in [0.29, 0.717) is 5.88 Å². The summed E-state index contributed by atoms with van der Waals surface area (Å²) in [4.78, 5) is 0. The number of nitrogens with zero attached hydrogens (tertiary/aromatic N) is 1. The van der Waals surface area contributed by atoms with E-state index in [4.69, 9.17) is 11.6 Å². The van der Waals surface area contributed by atoms with E-state index in [1.807, 2.05) is 6.20 Å². The maximum Gasteiger partial charge on any atom is 0.0664 e. The first kappa shape index (κ1) is 11.0. The summed E-state index contributed by atoms with van der Waals surface area (Å²) in [6.45, 7) is 2.12. The molecule has 0 aliphatic rings. The molecule has 1 aromatic carbocycles. The third-order valence-corrected chi connectivity index (χ3v) is 3.74. The molecule has 0 spiro atoms. The molecular weight excluding hydrogens is 275 g/mol. The van der Waals surface area contributed by atoms with Crippen LogP contribution >= 0.6 is 27.5 Å².